The van der Waals surface area contributed by atoms with Gasteiger partial charge in [0.1, 0.15) is 5.82 Å². The van der Waals surface area contributed by atoms with Gasteiger partial charge >= 0.3 is 5.97 Å². The summed E-state index contributed by atoms with van der Waals surface area (Å²) in [5.41, 5.74) is 3.26. The summed E-state index contributed by atoms with van der Waals surface area (Å²) in [6.45, 7) is 0. The van der Waals surface area contributed by atoms with Crippen molar-refractivity contribution in [1.29, 1.82) is 0 Å². The molecule has 6 heteroatoms. The van der Waals surface area contributed by atoms with Gasteiger partial charge in [-0.3, -0.25) is 0 Å². The number of rotatable bonds is 3. The van der Waals surface area contributed by atoms with Crippen LogP contribution in [0.4, 0.5) is 4.39 Å². The van der Waals surface area contributed by atoms with Gasteiger partial charge in [-0.25, -0.2) is 18.7 Å². The molecule has 2 aromatic heterocycles. The monoisotopic (exact) mass is 333 g/mol. The van der Waals surface area contributed by atoms with Crippen molar-refractivity contribution in [2.45, 2.75) is 0 Å². The third-order valence-corrected chi connectivity index (χ3v) is 3.86. The zero-order valence-electron chi connectivity index (χ0n) is 12.9. The highest BCUT2D eigenvalue weighted by molar-refractivity contribution is 5.87. The molecule has 2 heterocycles. The number of hydrogen-bond acceptors (Lipinski definition) is 3. The van der Waals surface area contributed by atoms with E-state index in [-0.39, 0.29) is 11.5 Å². The number of hydrogen-bond donors (Lipinski definition) is 1. The van der Waals surface area contributed by atoms with Crippen LogP contribution in [0.3, 0.4) is 0 Å². The molecule has 0 bridgehead atoms. The Kier molecular flexibility index (Phi) is 3.50. The fourth-order valence-electron chi connectivity index (χ4n) is 2.66. The van der Waals surface area contributed by atoms with Crippen molar-refractivity contribution < 1.29 is 14.3 Å². The molecule has 1 N–H and O–H groups in total. The van der Waals surface area contributed by atoms with Crippen molar-refractivity contribution >= 4 is 11.6 Å². The maximum atomic E-state index is 13.2. The van der Waals surface area contributed by atoms with Crippen LogP contribution in [0.25, 0.3) is 28.2 Å². The highest BCUT2D eigenvalue weighted by Crippen LogP contribution is 2.26. The van der Waals surface area contributed by atoms with Gasteiger partial charge in [-0.2, -0.15) is 5.10 Å². The van der Waals surface area contributed by atoms with Gasteiger partial charge in [0, 0.05) is 17.2 Å². The van der Waals surface area contributed by atoms with E-state index in [2.05, 4.69) is 10.1 Å². The zero-order valence-corrected chi connectivity index (χ0v) is 12.9. The van der Waals surface area contributed by atoms with E-state index in [9.17, 15) is 14.3 Å². The maximum absolute atomic E-state index is 13.2. The Morgan fingerprint density at radius 2 is 1.68 bits per heavy atom. The second-order valence-electron chi connectivity index (χ2n) is 5.50. The molecule has 0 fully saturated rings. The van der Waals surface area contributed by atoms with Gasteiger partial charge in [0.05, 0.1) is 11.4 Å². The van der Waals surface area contributed by atoms with Crippen LogP contribution in [0.5, 0.6) is 0 Å². The van der Waals surface area contributed by atoms with Gasteiger partial charge in [0.15, 0.2) is 11.3 Å². The predicted octanol–water partition coefficient (Wildman–Crippen LogP) is 3.90. The van der Waals surface area contributed by atoms with Crippen LogP contribution in [-0.4, -0.2) is 25.7 Å². The molecule has 0 unspecified atom stereocenters. The molecule has 5 nitrogen and oxygen atoms in total. The van der Waals surface area contributed by atoms with Crippen molar-refractivity contribution in [2.24, 2.45) is 0 Å². The quantitative estimate of drug-likeness (QED) is 0.617. The Bertz CT molecular complexity index is 1070. The van der Waals surface area contributed by atoms with Gasteiger partial charge in [-0.15, -0.1) is 0 Å². The lowest BCUT2D eigenvalue weighted by molar-refractivity contribution is 0.0690. The predicted molar refractivity (Wildman–Crippen MR) is 90.8 cm³/mol. The van der Waals surface area contributed by atoms with Gasteiger partial charge in [0.2, 0.25) is 0 Å². The summed E-state index contributed by atoms with van der Waals surface area (Å²) < 4.78 is 14.7. The molecule has 25 heavy (non-hydrogen) atoms. The average Bonchev–Trinajstić information content (AvgIpc) is 3.07. The highest BCUT2D eigenvalue weighted by atomic mass is 19.1. The van der Waals surface area contributed by atoms with Gasteiger partial charge in [0.25, 0.3) is 0 Å². The number of fused-ring (bicyclic) bond motifs is 1. The van der Waals surface area contributed by atoms with Crippen molar-refractivity contribution in [2.75, 3.05) is 0 Å². The standard InChI is InChI=1S/C19H12FN3O2/c20-14-8-6-12(7-9-14)15-10-17(13-4-2-1-3-5-13)23-18(21-15)11-16(22-23)19(24)25/h1-11H,(H,24,25). The first-order valence-corrected chi connectivity index (χ1v) is 7.57. The summed E-state index contributed by atoms with van der Waals surface area (Å²) in [6.07, 6.45) is 0. The first kappa shape index (κ1) is 15.0. The largest absolute Gasteiger partial charge is 0.476 e. The topological polar surface area (TPSA) is 67.5 Å². The highest BCUT2D eigenvalue weighted by Gasteiger charge is 2.15. The Morgan fingerprint density at radius 1 is 0.960 bits per heavy atom. The molecule has 4 rings (SSSR count). The minimum Gasteiger partial charge on any atom is -0.476 e. The van der Waals surface area contributed by atoms with E-state index in [1.807, 2.05) is 36.4 Å². The van der Waals surface area contributed by atoms with E-state index in [0.717, 1.165) is 11.1 Å². The number of benzene rings is 2. The molecule has 4 aromatic rings. The first-order valence-electron chi connectivity index (χ1n) is 7.57. The molecule has 0 aliphatic carbocycles. The van der Waals surface area contributed by atoms with E-state index >= 15 is 0 Å². The van der Waals surface area contributed by atoms with E-state index in [1.165, 1.54) is 22.7 Å². The molecule has 0 saturated heterocycles. The summed E-state index contributed by atoms with van der Waals surface area (Å²) in [7, 11) is 0. The SMILES string of the molecule is O=C(O)c1cc2nc(-c3ccc(F)cc3)cc(-c3ccccc3)n2n1. The number of halogens is 1. The molecule has 0 spiro atoms. The molecular weight excluding hydrogens is 321 g/mol. The van der Waals surface area contributed by atoms with Crippen LogP contribution in [-0.2, 0) is 0 Å². The molecule has 0 aliphatic rings. The summed E-state index contributed by atoms with van der Waals surface area (Å²) in [6, 6.07) is 18.7. The number of aromatic nitrogens is 3. The van der Waals surface area contributed by atoms with Crippen molar-refractivity contribution in [1.82, 2.24) is 14.6 Å². The van der Waals surface area contributed by atoms with E-state index < -0.39 is 5.97 Å². The average molecular weight is 333 g/mol. The number of nitrogens with zero attached hydrogens (tertiary/aromatic N) is 3. The molecular formula is C19H12FN3O2. The molecule has 0 amide bonds. The Morgan fingerprint density at radius 3 is 2.36 bits per heavy atom. The van der Waals surface area contributed by atoms with Crippen LogP contribution in [0.15, 0.2) is 66.7 Å². The van der Waals surface area contributed by atoms with Gasteiger partial charge in [-0.1, -0.05) is 30.3 Å². The Hall–Kier alpha value is -3.54. The van der Waals surface area contributed by atoms with Crippen LogP contribution < -0.4 is 0 Å². The van der Waals surface area contributed by atoms with Crippen LogP contribution in [0.1, 0.15) is 10.5 Å². The smallest absolute Gasteiger partial charge is 0.356 e. The normalized spacial score (nSPS) is 10.9. The molecule has 0 aliphatic heterocycles. The summed E-state index contributed by atoms with van der Waals surface area (Å²) in [4.78, 5) is 15.7. The van der Waals surface area contributed by atoms with Gasteiger partial charge in [-0.05, 0) is 30.3 Å². The van der Waals surface area contributed by atoms with E-state index in [0.29, 0.717) is 17.0 Å². The number of carboxylic acid groups (broad SMARTS) is 1. The van der Waals surface area contributed by atoms with Crippen molar-refractivity contribution in [3.05, 3.63) is 78.2 Å². The minimum absolute atomic E-state index is 0.0825. The number of aromatic carboxylic acids is 1. The van der Waals surface area contributed by atoms with Gasteiger partial charge < -0.3 is 5.11 Å². The lowest BCUT2D eigenvalue weighted by atomic mass is 10.1. The van der Waals surface area contributed by atoms with Crippen LogP contribution in [0.2, 0.25) is 0 Å². The maximum Gasteiger partial charge on any atom is 0.356 e. The van der Waals surface area contributed by atoms with Crippen LogP contribution in [0, 0.1) is 5.82 Å². The second kappa shape index (κ2) is 5.83. The molecule has 2 aromatic carbocycles. The first-order chi connectivity index (χ1) is 12.1. The Balaban J connectivity index is 1.99. The zero-order chi connectivity index (χ0) is 17.4. The second-order valence-corrected chi connectivity index (χ2v) is 5.50. The number of carbonyl (C=O) groups is 1. The minimum atomic E-state index is -1.12. The lowest BCUT2D eigenvalue weighted by Gasteiger charge is -2.08. The molecule has 0 saturated carbocycles. The van der Waals surface area contributed by atoms with Crippen molar-refractivity contribution in [3.63, 3.8) is 0 Å². The summed E-state index contributed by atoms with van der Waals surface area (Å²) >= 11 is 0. The summed E-state index contributed by atoms with van der Waals surface area (Å²) in [5, 5.41) is 13.4. The number of carboxylic acids is 1. The Labute approximate surface area is 142 Å². The molecule has 0 radical (unpaired) electrons. The van der Waals surface area contributed by atoms with E-state index in [1.54, 1.807) is 12.1 Å². The third-order valence-electron chi connectivity index (χ3n) is 3.86. The van der Waals surface area contributed by atoms with Crippen molar-refractivity contribution in [3.8, 4) is 22.5 Å². The van der Waals surface area contributed by atoms with E-state index in [4.69, 9.17) is 0 Å². The molecule has 122 valence electrons. The fraction of sp³-hybridized carbons (Fsp3) is 0. The lowest BCUT2D eigenvalue weighted by Crippen LogP contribution is -2.01. The fourth-order valence-corrected chi connectivity index (χ4v) is 2.66. The van der Waals surface area contributed by atoms with Crippen LogP contribution >= 0.6 is 0 Å². The summed E-state index contributed by atoms with van der Waals surface area (Å²) in [5.74, 6) is -1.45. The third kappa shape index (κ3) is 2.74. The molecule has 0 atom stereocenters.